The molecular weight excluding hydrogens is 194 g/mol. The smallest absolute Gasteiger partial charge is 0.240 e. The first kappa shape index (κ1) is 12.4. The van der Waals surface area contributed by atoms with Crippen LogP contribution in [-0.2, 0) is 9.53 Å². The van der Waals surface area contributed by atoms with Gasteiger partial charge >= 0.3 is 0 Å². The molecule has 0 aromatic carbocycles. The van der Waals surface area contributed by atoms with E-state index in [4.69, 9.17) is 16.2 Å². The lowest BCUT2D eigenvalue weighted by molar-refractivity contribution is -0.129. The average molecular weight is 215 g/mol. The molecule has 15 heavy (non-hydrogen) atoms. The van der Waals surface area contributed by atoms with Crippen molar-refractivity contribution in [3.8, 4) is 0 Å². The molecular formula is C10H21N3O2. The summed E-state index contributed by atoms with van der Waals surface area (Å²) in [7, 11) is 0. The molecule has 0 spiro atoms. The number of rotatable bonds is 5. The van der Waals surface area contributed by atoms with E-state index in [1.807, 2.05) is 0 Å². The van der Waals surface area contributed by atoms with Crippen LogP contribution < -0.4 is 16.8 Å². The summed E-state index contributed by atoms with van der Waals surface area (Å²) in [5.41, 5.74) is 10.6. The Balaban J connectivity index is 2.25. The minimum atomic E-state index is -0.721. The zero-order chi connectivity index (χ0) is 11.1. The van der Waals surface area contributed by atoms with E-state index in [9.17, 15) is 4.79 Å². The van der Waals surface area contributed by atoms with E-state index in [1.54, 1.807) is 0 Å². The van der Waals surface area contributed by atoms with Crippen LogP contribution in [0.25, 0.3) is 0 Å². The van der Waals surface area contributed by atoms with Crippen molar-refractivity contribution in [1.82, 2.24) is 5.32 Å². The van der Waals surface area contributed by atoms with Crippen molar-refractivity contribution in [3.05, 3.63) is 0 Å². The highest BCUT2D eigenvalue weighted by molar-refractivity contribution is 5.86. The number of hydrogen-bond acceptors (Lipinski definition) is 4. The number of nitrogens with one attached hydrogen (secondary N) is 1. The van der Waals surface area contributed by atoms with Crippen molar-refractivity contribution < 1.29 is 9.53 Å². The van der Waals surface area contributed by atoms with E-state index in [0.29, 0.717) is 39.1 Å². The van der Waals surface area contributed by atoms with Crippen LogP contribution in [0.15, 0.2) is 0 Å². The molecule has 5 N–H and O–H groups in total. The molecule has 0 radical (unpaired) electrons. The molecule has 0 saturated carbocycles. The first-order valence-electron chi connectivity index (χ1n) is 5.54. The Morgan fingerprint density at radius 3 is 2.60 bits per heavy atom. The number of carbonyl (C=O) groups is 1. The monoisotopic (exact) mass is 215 g/mol. The van der Waals surface area contributed by atoms with Gasteiger partial charge in [-0.25, -0.2) is 0 Å². The van der Waals surface area contributed by atoms with Crippen LogP contribution in [0.1, 0.15) is 25.7 Å². The maximum absolute atomic E-state index is 11.8. The van der Waals surface area contributed by atoms with Gasteiger partial charge in [-0.05, 0) is 32.2 Å². The maximum atomic E-state index is 11.8. The second kappa shape index (κ2) is 6.05. The van der Waals surface area contributed by atoms with Gasteiger partial charge in [0, 0.05) is 19.8 Å². The minimum absolute atomic E-state index is 0.0529. The highest BCUT2D eigenvalue weighted by Crippen LogP contribution is 2.17. The van der Waals surface area contributed by atoms with Crippen LogP contribution in [-0.4, -0.2) is 37.7 Å². The highest BCUT2D eigenvalue weighted by Gasteiger charge is 2.35. The Labute approximate surface area is 90.5 Å². The molecule has 5 nitrogen and oxygen atoms in total. The van der Waals surface area contributed by atoms with E-state index in [2.05, 4.69) is 5.32 Å². The third-order valence-corrected chi connectivity index (χ3v) is 2.75. The zero-order valence-corrected chi connectivity index (χ0v) is 9.13. The van der Waals surface area contributed by atoms with Crippen molar-refractivity contribution in [2.75, 3.05) is 26.3 Å². The molecule has 1 rings (SSSR count). The molecule has 88 valence electrons. The first-order chi connectivity index (χ1) is 7.19. The number of nitrogens with two attached hydrogens (primary N) is 2. The van der Waals surface area contributed by atoms with Crippen molar-refractivity contribution >= 4 is 5.91 Å². The molecule has 1 aliphatic rings. The molecule has 1 amide bonds. The van der Waals surface area contributed by atoms with Crippen LogP contribution in [0.3, 0.4) is 0 Å². The summed E-state index contributed by atoms with van der Waals surface area (Å²) in [6, 6.07) is 0. The van der Waals surface area contributed by atoms with Crippen LogP contribution >= 0.6 is 0 Å². The average Bonchev–Trinajstić information content (AvgIpc) is 2.25. The van der Waals surface area contributed by atoms with Crippen LogP contribution in [0.5, 0.6) is 0 Å². The molecule has 0 bridgehead atoms. The van der Waals surface area contributed by atoms with Crippen molar-refractivity contribution in [3.63, 3.8) is 0 Å². The molecule has 1 heterocycles. The van der Waals surface area contributed by atoms with Gasteiger partial charge in [0.05, 0.1) is 5.54 Å². The van der Waals surface area contributed by atoms with Gasteiger partial charge in [-0.15, -0.1) is 0 Å². The van der Waals surface area contributed by atoms with Crippen LogP contribution in [0, 0.1) is 0 Å². The van der Waals surface area contributed by atoms with Crippen LogP contribution in [0.4, 0.5) is 0 Å². The molecule has 1 saturated heterocycles. The highest BCUT2D eigenvalue weighted by atomic mass is 16.5. The second-order valence-electron chi connectivity index (χ2n) is 4.02. The predicted molar refractivity (Wildman–Crippen MR) is 58.3 cm³/mol. The summed E-state index contributed by atoms with van der Waals surface area (Å²) in [6.45, 7) is 2.48. The van der Waals surface area contributed by atoms with Crippen molar-refractivity contribution in [1.29, 1.82) is 0 Å². The topological polar surface area (TPSA) is 90.4 Å². The Hall–Kier alpha value is -0.650. The van der Waals surface area contributed by atoms with Gasteiger partial charge in [0.15, 0.2) is 0 Å². The number of carbonyl (C=O) groups excluding carboxylic acids is 1. The molecule has 0 aromatic heterocycles. The van der Waals surface area contributed by atoms with Gasteiger partial charge in [-0.3, -0.25) is 4.79 Å². The summed E-state index contributed by atoms with van der Waals surface area (Å²) in [5.74, 6) is -0.0529. The van der Waals surface area contributed by atoms with E-state index >= 15 is 0 Å². The summed E-state index contributed by atoms with van der Waals surface area (Å²) in [6.07, 6.45) is 3.06. The summed E-state index contributed by atoms with van der Waals surface area (Å²) < 4.78 is 5.18. The molecule has 0 aromatic rings. The maximum Gasteiger partial charge on any atom is 0.240 e. The van der Waals surface area contributed by atoms with Gasteiger partial charge in [-0.2, -0.15) is 0 Å². The molecule has 0 aliphatic carbocycles. The van der Waals surface area contributed by atoms with E-state index in [-0.39, 0.29) is 5.91 Å². The fourth-order valence-corrected chi connectivity index (χ4v) is 1.61. The van der Waals surface area contributed by atoms with E-state index in [1.165, 1.54) is 0 Å². The molecule has 0 unspecified atom stereocenters. The normalized spacial score (nSPS) is 19.9. The Kier molecular flexibility index (Phi) is 5.01. The first-order valence-corrected chi connectivity index (χ1v) is 5.54. The Morgan fingerprint density at radius 2 is 2.00 bits per heavy atom. The van der Waals surface area contributed by atoms with Gasteiger partial charge in [0.1, 0.15) is 0 Å². The van der Waals surface area contributed by atoms with Crippen molar-refractivity contribution in [2.24, 2.45) is 11.5 Å². The molecule has 1 fully saturated rings. The lowest BCUT2D eigenvalue weighted by atomic mass is 9.90. The lowest BCUT2D eigenvalue weighted by Gasteiger charge is -2.31. The van der Waals surface area contributed by atoms with Crippen LogP contribution in [0.2, 0.25) is 0 Å². The number of unbranched alkanes of at least 4 members (excludes halogenated alkanes) is 1. The number of ether oxygens (including phenoxy) is 1. The van der Waals surface area contributed by atoms with E-state index < -0.39 is 5.54 Å². The number of amides is 1. The number of hydrogen-bond donors (Lipinski definition) is 3. The van der Waals surface area contributed by atoms with E-state index in [0.717, 1.165) is 12.8 Å². The predicted octanol–water partition coefficient (Wildman–Crippen LogP) is -0.651. The van der Waals surface area contributed by atoms with Gasteiger partial charge < -0.3 is 21.5 Å². The van der Waals surface area contributed by atoms with Gasteiger partial charge in [0.2, 0.25) is 5.91 Å². The molecule has 5 heteroatoms. The molecule has 1 aliphatic heterocycles. The SMILES string of the molecule is NCCCCNC(=O)C1(N)CCOCC1. The van der Waals surface area contributed by atoms with Gasteiger partial charge in [0.25, 0.3) is 0 Å². The van der Waals surface area contributed by atoms with Crippen molar-refractivity contribution in [2.45, 2.75) is 31.2 Å². The van der Waals surface area contributed by atoms with Gasteiger partial charge in [-0.1, -0.05) is 0 Å². The zero-order valence-electron chi connectivity index (χ0n) is 9.13. The third-order valence-electron chi connectivity index (χ3n) is 2.75. The minimum Gasteiger partial charge on any atom is -0.381 e. The third kappa shape index (κ3) is 3.77. The second-order valence-corrected chi connectivity index (χ2v) is 4.02. The Bertz CT molecular complexity index is 203. The lowest BCUT2D eigenvalue weighted by Crippen LogP contribution is -2.57. The quantitative estimate of drug-likeness (QED) is 0.531. The fraction of sp³-hybridized carbons (Fsp3) is 0.900. The molecule has 0 atom stereocenters. The fourth-order valence-electron chi connectivity index (χ4n) is 1.61. The summed E-state index contributed by atoms with van der Waals surface area (Å²) in [5, 5.41) is 2.85. The summed E-state index contributed by atoms with van der Waals surface area (Å²) in [4.78, 5) is 11.8. The Morgan fingerprint density at radius 1 is 1.33 bits per heavy atom. The summed E-state index contributed by atoms with van der Waals surface area (Å²) >= 11 is 0. The largest absolute Gasteiger partial charge is 0.381 e. The standard InChI is InChI=1S/C10H21N3O2/c11-5-1-2-6-13-9(14)10(12)3-7-15-8-4-10/h1-8,11-12H2,(H,13,14).